The van der Waals surface area contributed by atoms with E-state index in [0.29, 0.717) is 30.3 Å². The summed E-state index contributed by atoms with van der Waals surface area (Å²) in [5.41, 5.74) is 3.36. The summed E-state index contributed by atoms with van der Waals surface area (Å²) in [7, 11) is 1.65. The molecule has 1 amide bonds. The van der Waals surface area contributed by atoms with Gasteiger partial charge in [0.05, 0.1) is 13.2 Å². The lowest BCUT2D eigenvalue weighted by Crippen LogP contribution is -2.49. The van der Waals surface area contributed by atoms with Crippen LogP contribution in [0.25, 0.3) is 11.5 Å². The second kappa shape index (κ2) is 9.33. The van der Waals surface area contributed by atoms with Gasteiger partial charge in [0, 0.05) is 35.7 Å². The van der Waals surface area contributed by atoms with Gasteiger partial charge in [-0.1, -0.05) is 26.8 Å². The first-order valence-electron chi connectivity index (χ1n) is 11.0. The molecular weight excluding hydrogens is 420 g/mol. The van der Waals surface area contributed by atoms with Gasteiger partial charge in [-0.2, -0.15) is 0 Å². The second-order valence-corrected chi connectivity index (χ2v) is 9.34. The van der Waals surface area contributed by atoms with Gasteiger partial charge in [-0.05, 0) is 53.9 Å². The largest absolute Gasteiger partial charge is 0.497 e. The highest BCUT2D eigenvalue weighted by molar-refractivity contribution is 5.94. The van der Waals surface area contributed by atoms with Crippen LogP contribution in [0.5, 0.6) is 5.75 Å². The quantitative estimate of drug-likeness (QED) is 0.530. The van der Waals surface area contributed by atoms with Gasteiger partial charge in [0.2, 0.25) is 11.8 Å². The molecule has 3 N–H and O–H groups in total. The molecular formula is C25H30N4O4. The molecule has 0 aliphatic carbocycles. The second-order valence-electron chi connectivity index (χ2n) is 9.34. The number of aliphatic hydroxyl groups is 1. The summed E-state index contributed by atoms with van der Waals surface area (Å²) in [5, 5.41) is 25.0. The molecule has 0 radical (unpaired) electrons. The van der Waals surface area contributed by atoms with Crippen molar-refractivity contribution in [2.24, 2.45) is 0 Å². The third-order valence-corrected chi connectivity index (χ3v) is 5.80. The van der Waals surface area contributed by atoms with E-state index in [1.54, 1.807) is 31.4 Å². The Morgan fingerprint density at radius 3 is 2.64 bits per heavy atom. The molecule has 4 rings (SSSR count). The zero-order valence-corrected chi connectivity index (χ0v) is 19.4. The molecule has 1 aliphatic heterocycles. The molecule has 1 aliphatic rings. The molecule has 3 aromatic rings. The number of nitrogens with zero attached hydrogens (tertiary/aromatic N) is 2. The van der Waals surface area contributed by atoms with Gasteiger partial charge in [0.15, 0.2) is 0 Å². The van der Waals surface area contributed by atoms with E-state index in [2.05, 4.69) is 20.8 Å². The highest BCUT2D eigenvalue weighted by Gasteiger charge is 2.25. The topological polar surface area (TPSA) is 110 Å². The van der Waals surface area contributed by atoms with Crippen molar-refractivity contribution in [2.75, 3.05) is 13.7 Å². The van der Waals surface area contributed by atoms with Gasteiger partial charge >= 0.3 is 0 Å². The molecule has 33 heavy (non-hydrogen) atoms. The van der Waals surface area contributed by atoms with Crippen molar-refractivity contribution in [3.8, 4) is 17.2 Å². The number of carbonyl (C=O) groups is 1. The predicted molar refractivity (Wildman–Crippen MR) is 124 cm³/mol. The Morgan fingerprint density at radius 1 is 1.21 bits per heavy atom. The van der Waals surface area contributed by atoms with E-state index in [4.69, 9.17) is 9.15 Å². The number of fused-ring (bicyclic) bond motifs is 1. The van der Waals surface area contributed by atoms with Crippen LogP contribution >= 0.6 is 0 Å². The highest BCUT2D eigenvalue weighted by atomic mass is 16.5. The Morgan fingerprint density at radius 2 is 1.97 bits per heavy atom. The molecule has 8 heteroatoms. The van der Waals surface area contributed by atoms with E-state index >= 15 is 0 Å². The molecule has 0 spiro atoms. The maximum Gasteiger partial charge on any atom is 0.251 e. The summed E-state index contributed by atoms with van der Waals surface area (Å²) in [5.74, 6) is 1.55. The maximum atomic E-state index is 12.6. The minimum absolute atomic E-state index is 0.136. The Hall–Kier alpha value is -3.23. The number of carbonyl (C=O) groups excluding carboxylic acids is 1. The Kier molecular flexibility index (Phi) is 6.49. The standard InChI is InChI=1S/C25H30N4O4/c1-25(2,3)24-29-28-23(33-24)16-7-5-15(6-8-16)22(31)27-14-21(30)20-12-17-9-10-19(32-4)11-18(17)13-26-20/h5-11,20-21,26,30H,12-14H2,1-4H3,(H,27,31)/t20-,21?/m0/s1. The monoisotopic (exact) mass is 450 g/mol. The fourth-order valence-corrected chi connectivity index (χ4v) is 3.76. The van der Waals surface area contributed by atoms with E-state index in [-0.39, 0.29) is 23.9 Å². The van der Waals surface area contributed by atoms with Gasteiger partial charge in [-0.25, -0.2) is 0 Å². The summed E-state index contributed by atoms with van der Waals surface area (Å²) >= 11 is 0. The van der Waals surface area contributed by atoms with E-state index in [1.807, 2.05) is 39.0 Å². The summed E-state index contributed by atoms with van der Waals surface area (Å²) < 4.78 is 11.0. The van der Waals surface area contributed by atoms with Crippen molar-refractivity contribution in [1.82, 2.24) is 20.8 Å². The molecule has 1 aromatic heterocycles. The first-order chi connectivity index (χ1) is 15.7. The van der Waals surface area contributed by atoms with Crippen molar-refractivity contribution < 1.29 is 19.1 Å². The molecule has 1 unspecified atom stereocenters. The van der Waals surface area contributed by atoms with Crippen LogP contribution in [0.4, 0.5) is 0 Å². The van der Waals surface area contributed by atoms with Gasteiger partial charge in [-0.15, -0.1) is 10.2 Å². The fraction of sp³-hybridized carbons (Fsp3) is 0.400. The van der Waals surface area contributed by atoms with Crippen LogP contribution in [0.1, 0.15) is 48.1 Å². The number of rotatable bonds is 6. The minimum atomic E-state index is -0.710. The SMILES string of the molecule is COc1ccc2c(c1)CN[C@H](C(O)CNC(=O)c1ccc(-c3nnc(C(C)(C)C)o3)cc1)C2. The number of ether oxygens (including phenoxy) is 1. The molecule has 2 aromatic carbocycles. The molecule has 0 saturated carbocycles. The zero-order chi connectivity index (χ0) is 23.6. The number of aromatic nitrogens is 2. The summed E-state index contributed by atoms with van der Waals surface area (Å²) in [4.78, 5) is 12.6. The minimum Gasteiger partial charge on any atom is -0.497 e. The third kappa shape index (κ3) is 5.23. The molecule has 0 fully saturated rings. The number of hydrogen-bond acceptors (Lipinski definition) is 7. The Bertz CT molecular complexity index is 1120. The third-order valence-electron chi connectivity index (χ3n) is 5.80. The highest BCUT2D eigenvalue weighted by Crippen LogP contribution is 2.26. The number of benzene rings is 2. The lowest BCUT2D eigenvalue weighted by atomic mass is 9.92. The molecule has 8 nitrogen and oxygen atoms in total. The Balaban J connectivity index is 1.32. The normalized spacial score (nSPS) is 16.7. The summed E-state index contributed by atoms with van der Waals surface area (Å²) in [6.07, 6.45) is -0.0242. The van der Waals surface area contributed by atoms with Crippen LogP contribution in [0.3, 0.4) is 0 Å². The van der Waals surface area contributed by atoms with E-state index < -0.39 is 6.10 Å². The van der Waals surface area contributed by atoms with Crippen LogP contribution in [0.15, 0.2) is 46.9 Å². The van der Waals surface area contributed by atoms with E-state index in [0.717, 1.165) is 16.9 Å². The number of amides is 1. The number of methoxy groups -OCH3 is 1. The van der Waals surface area contributed by atoms with Crippen LogP contribution < -0.4 is 15.4 Å². The molecule has 0 saturated heterocycles. The molecule has 0 bridgehead atoms. The first kappa shape index (κ1) is 22.9. The van der Waals surface area contributed by atoms with Gasteiger partial charge in [0.25, 0.3) is 5.91 Å². The van der Waals surface area contributed by atoms with Crippen molar-refractivity contribution >= 4 is 5.91 Å². The summed E-state index contributed by atoms with van der Waals surface area (Å²) in [6, 6.07) is 12.8. The Labute approximate surface area is 193 Å². The maximum absolute atomic E-state index is 12.6. The van der Waals surface area contributed by atoms with Crippen molar-refractivity contribution in [3.63, 3.8) is 0 Å². The average Bonchev–Trinajstić information content (AvgIpc) is 3.33. The van der Waals surface area contributed by atoms with Crippen molar-refractivity contribution in [2.45, 2.75) is 51.3 Å². The summed E-state index contributed by atoms with van der Waals surface area (Å²) in [6.45, 7) is 6.82. The van der Waals surface area contributed by atoms with Crippen LogP contribution in [0.2, 0.25) is 0 Å². The van der Waals surface area contributed by atoms with Gasteiger partial charge < -0.3 is 24.9 Å². The van der Waals surface area contributed by atoms with Crippen LogP contribution in [0, 0.1) is 0 Å². The predicted octanol–water partition coefficient (Wildman–Crippen LogP) is 2.85. The lowest BCUT2D eigenvalue weighted by Gasteiger charge is -2.30. The van der Waals surface area contributed by atoms with E-state index in [9.17, 15) is 9.90 Å². The fourth-order valence-electron chi connectivity index (χ4n) is 3.76. The average molecular weight is 451 g/mol. The number of nitrogens with one attached hydrogen (secondary N) is 2. The van der Waals surface area contributed by atoms with E-state index in [1.165, 1.54) is 5.56 Å². The van der Waals surface area contributed by atoms with Gasteiger partial charge in [0.1, 0.15) is 5.75 Å². The van der Waals surface area contributed by atoms with Crippen LogP contribution in [-0.2, 0) is 18.4 Å². The first-order valence-corrected chi connectivity index (χ1v) is 11.0. The number of aliphatic hydroxyl groups excluding tert-OH is 1. The molecule has 2 atom stereocenters. The molecule has 174 valence electrons. The van der Waals surface area contributed by atoms with Gasteiger partial charge in [-0.3, -0.25) is 4.79 Å². The smallest absolute Gasteiger partial charge is 0.251 e. The van der Waals surface area contributed by atoms with Crippen molar-refractivity contribution in [3.05, 3.63) is 65.0 Å². The zero-order valence-electron chi connectivity index (χ0n) is 19.4. The van der Waals surface area contributed by atoms with Crippen LogP contribution in [-0.4, -0.2) is 47.0 Å². The number of hydrogen-bond donors (Lipinski definition) is 3. The lowest BCUT2D eigenvalue weighted by molar-refractivity contribution is 0.0870. The molecule has 2 heterocycles. The van der Waals surface area contributed by atoms with Crippen molar-refractivity contribution in [1.29, 1.82) is 0 Å².